The van der Waals surface area contributed by atoms with Gasteiger partial charge < -0.3 is 11.1 Å². The fourth-order valence-electron chi connectivity index (χ4n) is 2.26. The smallest absolute Gasteiger partial charge is 0.244 e. The number of nitrogens with one attached hydrogen (secondary N) is 1. The van der Waals surface area contributed by atoms with E-state index in [-0.39, 0.29) is 0 Å². The standard InChI is InChI=1S/C18H15N3O2S/c19-18(23)17(12-6-2-1-3-7-12)21-15(22)10-11-16-20-13-8-4-5-9-14(13)24-16/h1-11,17H,(H2,19,23)(H,21,22)/b11-10+. The lowest BCUT2D eigenvalue weighted by atomic mass is 10.1. The second-order valence-corrected chi connectivity index (χ2v) is 6.17. The highest BCUT2D eigenvalue weighted by Crippen LogP contribution is 2.22. The molecular weight excluding hydrogens is 322 g/mol. The summed E-state index contributed by atoms with van der Waals surface area (Å²) in [7, 11) is 0. The molecule has 2 amide bonds. The van der Waals surface area contributed by atoms with Crippen LogP contribution in [0, 0.1) is 0 Å². The van der Waals surface area contributed by atoms with E-state index in [2.05, 4.69) is 10.3 Å². The summed E-state index contributed by atoms with van der Waals surface area (Å²) in [5.41, 5.74) is 6.92. The molecule has 3 N–H and O–H groups in total. The number of para-hydroxylation sites is 1. The van der Waals surface area contributed by atoms with Crippen LogP contribution in [-0.4, -0.2) is 16.8 Å². The van der Waals surface area contributed by atoms with Crippen LogP contribution >= 0.6 is 11.3 Å². The van der Waals surface area contributed by atoms with E-state index in [1.807, 2.05) is 30.3 Å². The van der Waals surface area contributed by atoms with Crippen LogP contribution in [0.25, 0.3) is 16.3 Å². The third-order valence-electron chi connectivity index (χ3n) is 3.39. The quantitative estimate of drug-likeness (QED) is 0.702. The molecule has 0 aliphatic heterocycles. The lowest BCUT2D eigenvalue weighted by Crippen LogP contribution is -2.36. The highest BCUT2D eigenvalue weighted by Gasteiger charge is 2.18. The fourth-order valence-corrected chi connectivity index (χ4v) is 3.13. The van der Waals surface area contributed by atoms with E-state index in [0.29, 0.717) is 5.56 Å². The number of fused-ring (bicyclic) bond motifs is 1. The zero-order valence-corrected chi connectivity index (χ0v) is 13.5. The summed E-state index contributed by atoms with van der Waals surface area (Å²) in [6, 6.07) is 15.8. The highest BCUT2D eigenvalue weighted by molar-refractivity contribution is 7.19. The van der Waals surface area contributed by atoms with Crippen LogP contribution in [0.15, 0.2) is 60.7 Å². The summed E-state index contributed by atoms with van der Waals surface area (Å²) in [6.07, 6.45) is 2.99. The molecule has 0 bridgehead atoms. The van der Waals surface area contributed by atoms with Crippen LogP contribution in [0.3, 0.4) is 0 Å². The molecule has 120 valence electrons. The Morgan fingerprint density at radius 2 is 1.79 bits per heavy atom. The van der Waals surface area contributed by atoms with Crippen molar-refractivity contribution in [1.29, 1.82) is 0 Å². The van der Waals surface area contributed by atoms with Gasteiger partial charge in [0.25, 0.3) is 0 Å². The van der Waals surface area contributed by atoms with Gasteiger partial charge in [-0.3, -0.25) is 9.59 Å². The van der Waals surface area contributed by atoms with Crippen molar-refractivity contribution >= 4 is 39.4 Å². The number of carbonyl (C=O) groups is 2. The van der Waals surface area contributed by atoms with Crippen LogP contribution in [-0.2, 0) is 9.59 Å². The second kappa shape index (κ2) is 7.06. The van der Waals surface area contributed by atoms with Crippen LogP contribution < -0.4 is 11.1 Å². The Kier molecular flexibility index (Phi) is 4.67. The zero-order chi connectivity index (χ0) is 16.9. The number of rotatable bonds is 5. The third kappa shape index (κ3) is 3.67. The minimum atomic E-state index is -0.862. The van der Waals surface area contributed by atoms with Crippen molar-refractivity contribution in [2.75, 3.05) is 0 Å². The summed E-state index contributed by atoms with van der Waals surface area (Å²) >= 11 is 1.49. The molecule has 24 heavy (non-hydrogen) atoms. The molecule has 2 aromatic carbocycles. The van der Waals surface area contributed by atoms with Crippen molar-refractivity contribution in [2.45, 2.75) is 6.04 Å². The molecule has 0 fully saturated rings. The topological polar surface area (TPSA) is 85.1 Å². The van der Waals surface area contributed by atoms with E-state index >= 15 is 0 Å². The average molecular weight is 337 g/mol. The van der Waals surface area contributed by atoms with E-state index in [1.165, 1.54) is 17.4 Å². The monoisotopic (exact) mass is 337 g/mol. The van der Waals surface area contributed by atoms with Gasteiger partial charge in [-0.1, -0.05) is 42.5 Å². The largest absolute Gasteiger partial charge is 0.368 e. The number of hydrogen-bond donors (Lipinski definition) is 2. The molecule has 1 heterocycles. The van der Waals surface area contributed by atoms with Gasteiger partial charge in [0.05, 0.1) is 10.2 Å². The van der Waals surface area contributed by atoms with Crippen LogP contribution in [0.1, 0.15) is 16.6 Å². The van der Waals surface area contributed by atoms with Crippen molar-refractivity contribution in [3.8, 4) is 0 Å². The number of amides is 2. The van der Waals surface area contributed by atoms with Crippen LogP contribution in [0.4, 0.5) is 0 Å². The second-order valence-electron chi connectivity index (χ2n) is 5.11. The SMILES string of the molecule is NC(=O)C(NC(=O)/C=C/c1nc2ccccc2s1)c1ccccc1. The van der Waals surface area contributed by atoms with Crippen molar-refractivity contribution in [3.05, 3.63) is 71.2 Å². The van der Waals surface area contributed by atoms with Gasteiger partial charge in [-0.05, 0) is 23.8 Å². The molecule has 0 aliphatic carbocycles. The lowest BCUT2D eigenvalue weighted by Gasteiger charge is -2.14. The van der Waals surface area contributed by atoms with Crippen molar-refractivity contribution in [1.82, 2.24) is 10.3 Å². The molecule has 0 radical (unpaired) electrons. The number of nitrogens with zero attached hydrogens (tertiary/aromatic N) is 1. The number of nitrogens with two attached hydrogens (primary N) is 1. The normalized spacial score (nSPS) is 12.3. The van der Waals surface area contributed by atoms with E-state index in [4.69, 9.17) is 5.73 Å². The Bertz CT molecular complexity index is 870. The number of hydrogen-bond acceptors (Lipinski definition) is 4. The predicted molar refractivity (Wildman–Crippen MR) is 95.2 cm³/mol. The summed E-state index contributed by atoms with van der Waals surface area (Å²) < 4.78 is 1.05. The average Bonchev–Trinajstić information content (AvgIpc) is 3.01. The molecule has 0 aliphatic rings. The first kappa shape index (κ1) is 15.9. The molecule has 1 aromatic heterocycles. The van der Waals surface area contributed by atoms with Gasteiger partial charge in [0.15, 0.2) is 0 Å². The molecule has 5 nitrogen and oxygen atoms in total. The number of benzene rings is 2. The Hall–Kier alpha value is -2.99. The predicted octanol–water partition coefficient (Wildman–Crippen LogP) is 2.65. The van der Waals surface area contributed by atoms with Gasteiger partial charge in [-0.25, -0.2) is 4.98 Å². The molecule has 6 heteroatoms. The Labute approximate surface area is 142 Å². The Balaban J connectivity index is 1.72. The molecule has 0 saturated heterocycles. The molecule has 1 atom stereocenters. The molecule has 0 spiro atoms. The number of carbonyl (C=O) groups excluding carboxylic acids is 2. The van der Waals surface area contributed by atoms with E-state index < -0.39 is 17.9 Å². The van der Waals surface area contributed by atoms with Crippen molar-refractivity contribution < 1.29 is 9.59 Å². The molecular formula is C18H15N3O2S. The molecule has 3 rings (SSSR count). The van der Waals surface area contributed by atoms with E-state index in [9.17, 15) is 9.59 Å². The number of aromatic nitrogens is 1. The summed E-state index contributed by atoms with van der Waals surface area (Å²) in [4.78, 5) is 28.1. The van der Waals surface area contributed by atoms with Gasteiger partial charge in [0.1, 0.15) is 11.0 Å². The molecule has 0 saturated carbocycles. The molecule has 3 aromatic rings. The maximum atomic E-state index is 12.1. The summed E-state index contributed by atoms with van der Waals surface area (Å²) in [5.74, 6) is -1.01. The first-order chi connectivity index (χ1) is 11.6. The Morgan fingerprint density at radius 1 is 1.08 bits per heavy atom. The number of thiazole rings is 1. The zero-order valence-electron chi connectivity index (χ0n) is 12.7. The number of primary amides is 1. The fraction of sp³-hybridized carbons (Fsp3) is 0.0556. The highest BCUT2D eigenvalue weighted by atomic mass is 32.1. The van der Waals surface area contributed by atoms with Gasteiger partial charge in [0.2, 0.25) is 11.8 Å². The Morgan fingerprint density at radius 3 is 2.50 bits per heavy atom. The van der Waals surface area contributed by atoms with Gasteiger partial charge >= 0.3 is 0 Å². The first-order valence-electron chi connectivity index (χ1n) is 7.32. The summed E-state index contributed by atoms with van der Waals surface area (Å²) in [6.45, 7) is 0. The van der Waals surface area contributed by atoms with E-state index in [1.54, 1.807) is 30.3 Å². The van der Waals surface area contributed by atoms with Crippen LogP contribution in [0.5, 0.6) is 0 Å². The van der Waals surface area contributed by atoms with Crippen LogP contribution in [0.2, 0.25) is 0 Å². The van der Waals surface area contributed by atoms with Gasteiger partial charge in [0, 0.05) is 6.08 Å². The van der Waals surface area contributed by atoms with E-state index in [0.717, 1.165) is 15.2 Å². The van der Waals surface area contributed by atoms with Gasteiger partial charge in [-0.2, -0.15) is 0 Å². The molecule has 1 unspecified atom stereocenters. The van der Waals surface area contributed by atoms with Gasteiger partial charge in [-0.15, -0.1) is 11.3 Å². The maximum Gasteiger partial charge on any atom is 0.244 e. The third-order valence-corrected chi connectivity index (χ3v) is 4.39. The lowest BCUT2D eigenvalue weighted by molar-refractivity contribution is -0.125. The van der Waals surface area contributed by atoms with Crippen molar-refractivity contribution in [3.63, 3.8) is 0 Å². The summed E-state index contributed by atoms with van der Waals surface area (Å²) in [5, 5.41) is 3.34. The van der Waals surface area contributed by atoms with Crippen molar-refractivity contribution in [2.24, 2.45) is 5.73 Å². The minimum absolute atomic E-state index is 0.401. The minimum Gasteiger partial charge on any atom is -0.368 e. The maximum absolute atomic E-state index is 12.1. The first-order valence-corrected chi connectivity index (χ1v) is 8.13.